The first-order valence-electron chi connectivity index (χ1n) is 11.1. The molecule has 2 heterocycles. The van der Waals surface area contributed by atoms with Crippen molar-refractivity contribution in [2.75, 3.05) is 0 Å². The topological polar surface area (TPSA) is 97.4 Å². The summed E-state index contributed by atoms with van der Waals surface area (Å²) in [6.07, 6.45) is 1.76. The minimum absolute atomic E-state index is 0.134. The Morgan fingerprint density at radius 3 is 2.76 bits per heavy atom. The second-order valence-electron chi connectivity index (χ2n) is 8.62. The van der Waals surface area contributed by atoms with Crippen molar-refractivity contribution < 1.29 is 14.4 Å². The van der Waals surface area contributed by atoms with E-state index in [1.807, 2.05) is 18.2 Å². The third-order valence-corrected chi connectivity index (χ3v) is 6.81. The first-order valence-corrected chi connectivity index (χ1v) is 11.5. The molecule has 1 fully saturated rings. The first-order chi connectivity index (χ1) is 16.0. The molecule has 33 heavy (non-hydrogen) atoms. The highest BCUT2D eigenvalue weighted by Gasteiger charge is 2.30. The Hall–Kier alpha value is -3.16. The molecule has 1 amide bonds. The number of carbonyl (C=O) groups is 1. The van der Waals surface area contributed by atoms with E-state index in [2.05, 4.69) is 10.5 Å². The number of carbonyl (C=O) groups excluding carboxylic acids is 1. The predicted octanol–water partition coefficient (Wildman–Crippen LogP) is 4.44. The van der Waals surface area contributed by atoms with Crippen LogP contribution < -0.4 is 10.9 Å². The molecule has 0 aliphatic heterocycles. The van der Waals surface area contributed by atoms with Crippen molar-refractivity contribution >= 4 is 39.4 Å². The summed E-state index contributed by atoms with van der Waals surface area (Å²) in [5.74, 6) is -0.433. The molecule has 0 saturated heterocycles. The third kappa shape index (κ3) is 3.81. The smallest absolute Gasteiger partial charge is 0.264 e. The second-order valence-corrected chi connectivity index (χ2v) is 9.03. The standard InChI is InChI=1S/C25H24ClN3O4/c1-14-20-23(33-28-14)21-18(26)11-6-12-19(21)29(25(20)32)17-10-5-9-16(13-17)27-24(31)22(30)15-7-3-2-4-8-15/h2-4,6-8,11-12,16-17,22,30H,5,9-10,13H2,1H3,(H,27,31). The molecule has 4 aromatic rings. The molecule has 0 spiro atoms. The van der Waals surface area contributed by atoms with Gasteiger partial charge in [-0.1, -0.05) is 53.2 Å². The molecule has 1 saturated carbocycles. The SMILES string of the molecule is Cc1noc2c1c(=O)n(C1CCCC(NC(=O)C(O)c3ccccc3)C1)c1cccc(Cl)c21. The fraction of sp³-hybridized carbons (Fsp3) is 0.320. The molecule has 0 radical (unpaired) electrons. The molecule has 1 aliphatic carbocycles. The largest absolute Gasteiger partial charge is 0.378 e. The maximum absolute atomic E-state index is 13.5. The number of aromatic nitrogens is 2. The van der Waals surface area contributed by atoms with Crippen molar-refractivity contribution in [2.45, 2.75) is 50.8 Å². The minimum atomic E-state index is -1.23. The van der Waals surface area contributed by atoms with Gasteiger partial charge in [0.25, 0.3) is 11.5 Å². The molecular formula is C25H24ClN3O4. The average Bonchev–Trinajstić information content (AvgIpc) is 3.21. The lowest BCUT2D eigenvalue weighted by Gasteiger charge is -2.32. The van der Waals surface area contributed by atoms with Crippen molar-refractivity contribution in [2.24, 2.45) is 0 Å². The Bertz CT molecular complexity index is 1400. The van der Waals surface area contributed by atoms with Crippen LogP contribution in [0.2, 0.25) is 5.02 Å². The van der Waals surface area contributed by atoms with Gasteiger partial charge in [0, 0.05) is 12.1 Å². The van der Waals surface area contributed by atoms with E-state index in [1.54, 1.807) is 41.8 Å². The number of rotatable bonds is 4. The van der Waals surface area contributed by atoms with Crippen molar-refractivity contribution in [3.8, 4) is 0 Å². The summed E-state index contributed by atoms with van der Waals surface area (Å²) in [7, 11) is 0. The summed E-state index contributed by atoms with van der Waals surface area (Å²) in [5, 5.41) is 19.0. The van der Waals surface area contributed by atoms with Crippen LogP contribution in [0.3, 0.4) is 0 Å². The fourth-order valence-electron chi connectivity index (χ4n) is 4.92. The number of pyridine rings is 1. The van der Waals surface area contributed by atoms with E-state index in [9.17, 15) is 14.7 Å². The zero-order chi connectivity index (χ0) is 23.1. The Balaban J connectivity index is 1.48. The summed E-state index contributed by atoms with van der Waals surface area (Å²) < 4.78 is 7.25. The molecule has 1 aliphatic rings. The van der Waals surface area contributed by atoms with Gasteiger partial charge in [-0.3, -0.25) is 9.59 Å². The van der Waals surface area contributed by atoms with E-state index in [-0.39, 0.29) is 17.6 Å². The fourth-order valence-corrected chi connectivity index (χ4v) is 5.17. The summed E-state index contributed by atoms with van der Waals surface area (Å²) in [6.45, 7) is 1.75. The average molecular weight is 466 g/mol. The van der Waals surface area contributed by atoms with Crippen LogP contribution in [0.25, 0.3) is 21.9 Å². The van der Waals surface area contributed by atoms with E-state index in [0.717, 1.165) is 19.3 Å². The number of aryl methyl sites for hydroxylation is 1. The number of fused-ring (bicyclic) bond motifs is 3. The Morgan fingerprint density at radius 1 is 1.18 bits per heavy atom. The van der Waals surface area contributed by atoms with Crippen molar-refractivity contribution in [1.82, 2.24) is 15.0 Å². The Kier molecular flexibility index (Phi) is 5.68. The van der Waals surface area contributed by atoms with E-state index in [4.69, 9.17) is 16.1 Å². The van der Waals surface area contributed by atoms with Crippen LogP contribution in [0.4, 0.5) is 0 Å². The van der Waals surface area contributed by atoms with Crippen LogP contribution in [0, 0.1) is 6.92 Å². The van der Waals surface area contributed by atoms with Gasteiger partial charge in [-0.05, 0) is 50.3 Å². The van der Waals surface area contributed by atoms with Crippen LogP contribution in [0.15, 0.2) is 57.8 Å². The number of hydrogen-bond donors (Lipinski definition) is 2. The van der Waals surface area contributed by atoms with Gasteiger partial charge in [0.15, 0.2) is 11.7 Å². The van der Waals surface area contributed by atoms with Crippen LogP contribution in [-0.4, -0.2) is 26.8 Å². The molecule has 3 atom stereocenters. The van der Waals surface area contributed by atoms with Crippen LogP contribution >= 0.6 is 11.6 Å². The molecular weight excluding hydrogens is 442 g/mol. The lowest BCUT2D eigenvalue weighted by Crippen LogP contribution is -2.42. The molecule has 2 aromatic carbocycles. The van der Waals surface area contributed by atoms with Gasteiger partial charge in [-0.2, -0.15) is 0 Å². The molecule has 0 bridgehead atoms. The quantitative estimate of drug-likeness (QED) is 0.464. The second kappa shape index (κ2) is 8.65. The number of aliphatic hydroxyl groups is 1. The molecule has 2 N–H and O–H groups in total. The number of nitrogens with zero attached hydrogens (tertiary/aromatic N) is 2. The summed E-state index contributed by atoms with van der Waals surface area (Å²) in [4.78, 5) is 26.2. The Labute approximate surface area is 194 Å². The maximum atomic E-state index is 13.5. The van der Waals surface area contributed by atoms with Crippen LogP contribution in [-0.2, 0) is 4.79 Å². The molecule has 5 rings (SSSR count). The van der Waals surface area contributed by atoms with E-state index in [1.165, 1.54) is 0 Å². The molecule has 3 unspecified atom stereocenters. The lowest BCUT2D eigenvalue weighted by molar-refractivity contribution is -0.130. The van der Waals surface area contributed by atoms with Gasteiger partial charge in [0.1, 0.15) is 5.39 Å². The highest BCUT2D eigenvalue weighted by atomic mass is 35.5. The predicted molar refractivity (Wildman–Crippen MR) is 126 cm³/mol. The van der Waals surface area contributed by atoms with E-state index >= 15 is 0 Å². The number of halogens is 1. The molecule has 170 valence electrons. The van der Waals surface area contributed by atoms with Gasteiger partial charge in [-0.25, -0.2) is 0 Å². The molecule has 8 heteroatoms. The van der Waals surface area contributed by atoms with E-state index < -0.39 is 12.0 Å². The number of hydrogen-bond acceptors (Lipinski definition) is 5. The lowest BCUT2D eigenvalue weighted by atomic mass is 9.90. The number of benzene rings is 2. The number of nitrogens with one attached hydrogen (secondary N) is 1. The Morgan fingerprint density at radius 2 is 1.97 bits per heavy atom. The first kappa shape index (κ1) is 21.7. The van der Waals surface area contributed by atoms with Crippen LogP contribution in [0.1, 0.15) is 49.1 Å². The zero-order valence-electron chi connectivity index (χ0n) is 18.1. The number of aliphatic hydroxyl groups excluding tert-OH is 1. The molecule has 2 aromatic heterocycles. The summed E-state index contributed by atoms with van der Waals surface area (Å²) in [5.41, 5.74) is 2.00. The highest BCUT2D eigenvalue weighted by Crippen LogP contribution is 2.35. The van der Waals surface area contributed by atoms with Crippen molar-refractivity contribution in [3.05, 3.63) is 75.2 Å². The van der Waals surface area contributed by atoms with Gasteiger partial charge < -0.3 is 19.5 Å². The normalized spacial score (nSPS) is 19.6. The third-order valence-electron chi connectivity index (χ3n) is 6.50. The zero-order valence-corrected chi connectivity index (χ0v) is 18.9. The minimum Gasteiger partial charge on any atom is -0.378 e. The van der Waals surface area contributed by atoms with Gasteiger partial charge in [-0.15, -0.1) is 0 Å². The maximum Gasteiger partial charge on any atom is 0.264 e. The van der Waals surface area contributed by atoms with Crippen molar-refractivity contribution in [1.29, 1.82) is 0 Å². The summed E-state index contributed by atoms with van der Waals surface area (Å²) >= 11 is 6.51. The monoisotopic (exact) mass is 465 g/mol. The molecule has 7 nitrogen and oxygen atoms in total. The van der Waals surface area contributed by atoms with Gasteiger partial charge >= 0.3 is 0 Å². The van der Waals surface area contributed by atoms with Gasteiger partial charge in [0.2, 0.25) is 0 Å². The summed E-state index contributed by atoms with van der Waals surface area (Å²) in [6, 6.07) is 14.0. The number of amides is 1. The highest BCUT2D eigenvalue weighted by molar-refractivity contribution is 6.37. The van der Waals surface area contributed by atoms with Gasteiger partial charge in [0.05, 0.1) is 21.6 Å². The van der Waals surface area contributed by atoms with Crippen molar-refractivity contribution in [3.63, 3.8) is 0 Å². The van der Waals surface area contributed by atoms with Crippen LogP contribution in [0.5, 0.6) is 0 Å². The van der Waals surface area contributed by atoms with E-state index in [0.29, 0.717) is 44.6 Å².